The Bertz CT molecular complexity index is 354. The molecule has 0 atom stereocenters. The maximum absolute atomic E-state index is 9.76. The fraction of sp³-hybridized carbons (Fsp3) is 0.375. The van der Waals surface area contributed by atoms with E-state index in [0.29, 0.717) is 5.95 Å². The van der Waals surface area contributed by atoms with Gasteiger partial charge in [0.15, 0.2) is 5.92 Å². The fourth-order valence-electron chi connectivity index (χ4n) is 0.570. The van der Waals surface area contributed by atoms with Gasteiger partial charge in [-0.25, -0.2) is 0 Å². The van der Waals surface area contributed by atoms with Crippen LogP contribution in [0.25, 0.3) is 0 Å². The second-order valence-corrected chi connectivity index (χ2v) is 2.97. The third kappa shape index (κ3) is 4.31. The maximum atomic E-state index is 9.76. The summed E-state index contributed by atoms with van der Waals surface area (Å²) < 4.78 is 1.54. The number of aromatic nitrogens is 2. The van der Waals surface area contributed by atoms with Crippen LogP contribution in [0, 0.1) is 5.92 Å². The van der Waals surface area contributed by atoms with Gasteiger partial charge in [-0.3, -0.25) is 9.59 Å². The normalized spacial score (nSPS) is 9.44. The lowest BCUT2D eigenvalue weighted by Gasteiger charge is -1.94. The molecule has 0 amide bonds. The summed E-state index contributed by atoms with van der Waals surface area (Å²) in [6, 6.07) is 0. The number of imidazole rings is 1. The van der Waals surface area contributed by atoms with Crippen molar-refractivity contribution in [3.8, 4) is 5.88 Å². The van der Waals surface area contributed by atoms with Crippen molar-refractivity contribution in [2.24, 2.45) is 13.0 Å². The van der Waals surface area contributed by atoms with E-state index in [9.17, 15) is 9.59 Å². The van der Waals surface area contributed by atoms with Gasteiger partial charge >= 0.3 is 11.9 Å². The zero-order valence-electron chi connectivity index (χ0n) is 8.78. The number of aromatic hydroxyl groups is 1. The number of rotatable bonds is 2. The van der Waals surface area contributed by atoms with E-state index in [0.717, 1.165) is 6.92 Å². The molecule has 1 aromatic rings. The number of nitrogens with zero attached hydrogens (tertiary/aromatic N) is 2. The lowest BCUT2D eigenvalue weighted by Crippen LogP contribution is -2.19. The van der Waals surface area contributed by atoms with Crippen molar-refractivity contribution in [1.82, 2.24) is 9.55 Å². The monoisotopic (exact) mass is 231 g/mol. The third-order valence-electron chi connectivity index (χ3n) is 1.64. The number of nitrogen functional groups attached to an aromatic ring is 1. The summed E-state index contributed by atoms with van der Waals surface area (Å²) in [6.45, 7) is 1.12. The average molecular weight is 231 g/mol. The zero-order valence-corrected chi connectivity index (χ0v) is 8.78. The van der Waals surface area contributed by atoms with Crippen LogP contribution in [0.2, 0.25) is 0 Å². The van der Waals surface area contributed by atoms with Crippen LogP contribution in [0.4, 0.5) is 5.95 Å². The smallest absolute Gasteiger partial charge is 0.317 e. The summed E-state index contributed by atoms with van der Waals surface area (Å²) in [5.41, 5.74) is 5.23. The van der Waals surface area contributed by atoms with Crippen LogP contribution in [0.15, 0.2) is 6.20 Å². The first kappa shape index (κ1) is 13.8. The van der Waals surface area contributed by atoms with Gasteiger partial charge in [0, 0.05) is 7.05 Å². The summed E-state index contributed by atoms with van der Waals surface area (Å²) >= 11 is 0. The molecule has 0 fully saturated rings. The van der Waals surface area contributed by atoms with Gasteiger partial charge in [0.25, 0.3) is 0 Å². The maximum Gasteiger partial charge on any atom is 0.317 e. The minimum atomic E-state index is -1.31. The molecule has 0 unspecified atom stereocenters. The number of hydrogen-bond donors (Lipinski definition) is 4. The number of nitrogens with two attached hydrogens (primary N) is 1. The Labute approximate surface area is 90.9 Å². The molecule has 0 radical (unpaired) electrons. The summed E-state index contributed by atoms with van der Waals surface area (Å²) in [7, 11) is 1.71. The van der Waals surface area contributed by atoms with Crippen LogP contribution in [0.5, 0.6) is 5.88 Å². The van der Waals surface area contributed by atoms with Crippen LogP contribution in [0.3, 0.4) is 0 Å². The van der Waals surface area contributed by atoms with E-state index in [4.69, 9.17) is 21.1 Å². The van der Waals surface area contributed by atoms with Crippen LogP contribution in [-0.4, -0.2) is 36.8 Å². The molecule has 0 saturated carbocycles. The van der Waals surface area contributed by atoms with Crippen molar-refractivity contribution in [3.63, 3.8) is 0 Å². The Hall–Kier alpha value is -2.25. The van der Waals surface area contributed by atoms with Crippen LogP contribution in [-0.2, 0) is 16.6 Å². The standard InChI is InChI=1S/C4H7N3O.C4H6O4/c1-7-2-3(8)6-4(7)5;1-2(3(5)6)4(7)8/h2,8H,1H3,(H2,5,6);2H,1H3,(H,5,6)(H,7,8). The molecule has 0 aliphatic heterocycles. The van der Waals surface area contributed by atoms with Gasteiger partial charge in [0.2, 0.25) is 11.8 Å². The molecular formula is C8H13N3O5. The van der Waals surface area contributed by atoms with Crippen molar-refractivity contribution >= 4 is 17.9 Å². The molecule has 0 aromatic carbocycles. The van der Waals surface area contributed by atoms with Gasteiger partial charge in [0.05, 0.1) is 6.20 Å². The predicted molar refractivity (Wildman–Crippen MR) is 53.7 cm³/mol. The summed E-state index contributed by atoms with van der Waals surface area (Å²) in [6.07, 6.45) is 1.44. The van der Waals surface area contributed by atoms with E-state index in [2.05, 4.69) is 4.98 Å². The molecule has 1 rings (SSSR count). The zero-order chi connectivity index (χ0) is 12.9. The largest absolute Gasteiger partial charge is 0.492 e. The first-order chi connectivity index (χ1) is 7.25. The topological polar surface area (TPSA) is 139 Å². The van der Waals surface area contributed by atoms with E-state index in [1.54, 1.807) is 7.05 Å². The molecule has 0 spiro atoms. The van der Waals surface area contributed by atoms with Gasteiger partial charge in [-0.05, 0) is 6.92 Å². The first-order valence-electron chi connectivity index (χ1n) is 4.19. The second kappa shape index (κ2) is 5.59. The highest BCUT2D eigenvalue weighted by Crippen LogP contribution is 2.06. The van der Waals surface area contributed by atoms with E-state index >= 15 is 0 Å². The number of aryl methyl sites for hydroxylation is 1. The Balaban J connectivity index is 0.000000281. The van der Waals surface area contributed by atoms with E-state index < -0.39 is 17.9 Å². The van der Waals surface area contributed by atoms with Gasteiger partial charge < -0.3 is 25.6 Å². The number of carboxylic acids is 2. The molecule has 8 nitrogen and oxygen atoms in total. The van der Waals surface area contributed by atoms with E-state index in [1.807, 2.05) is 0 Å². The fourth-order valence-corrected chi connectivity index (χ4v) is 0.570. The number of aliphatic carboxylic acids is 2. The van der Waals surface area contributed by atoms with Crippen LogP contribution < -0.4 is 5.73 Å². The lowest BCUT2D eigenvalue weighted by atomic mass is 10.2. The SMILES string of the molecule is CC(C(=O)O)C(=O)O.Cn1cc(O)nc1N. The third-order valence-corrected chi connectivity index (χ3v) is 1.64. The molecule has 8 heteroatoms. The average Bonchev–Trinajstić information content (AvgIpc) is 2.43. The lowest BCUT2D eigenvalue weighted by molar-refractivity contribution is -0.153. The molecule has 0 aliphatic rings. The molecular weight excluding hydrogens is 218 g/mol. The molecule has 0 saturated heterocycles. The Morgan fingerprint density at radius 1 is 1.44 bits per heavy atom. The molecule has 5 N–H and O–H groups in total. The van der Waals surface area contributed by atoms with Crippen molar-refractivity contribution < 1.29 is 24.9 Å². The minimum absolute atomic E-state index is 0.0370. The Morgan fingerprint density at radius 3 is 1.94 bits per heavy atom. The van der Waals surface area contributed by atoms with Gasteiger partial charge in [0.1, 0.15) is 0 Å². The number of carbonyl (C=O) groups is 2. The molecule has 1 heterocycles. The molecule has 90 valence electrons. The van der Waals surface area contributed by atoms with Crippen molar-refractivity contribution in [3.05, 3.63) is 6.20 Å². The number of hydrogen-bond acceptors (Lipinski definition) is 5. The number of carboxylic acid groups (broad SMARTS) is 2. The highest BCUT2D eigenvalue weighted by Gasteiger charge is 2.18. The Morgan fingerprint density at radius 2 is 1.88 bits per heavy atom. The Kier molecular flexibility index (Phi) is 4.80. The van der Waals surface area contributed by atoms with Crippen molar-refractivity contribution in [1.29, 1.82) is 0 Å². The van der Waals surface area contributed by atoms with Gasteiger partial charge in [-0.15, -0.1) is 0 Å². The molecule has 1 aromatic heterocycles. The predicted octanol–water partition coefficient (Wildman–Crippen LogP) is -0.500. The van der Waals surface area contributed by atoms with Crippen LogP contribution >= 0.6 is 0 Å². The molecule has 0 aliphatic carbocycles. The second-order valence-electron chi connectivity index (χ2n) is 2.97. The van der Waals surface area contributed by atoms with Gasteiger partial charge in [-0.2, -0.15) is 4.98 Å². The quantitative estimate of drug-likeness (QED) is 0.503. The summed E-state index contributed by atoms with van der Waals surface area (Å²) in [4.78, 5) is 23.0. The summed E-state index contributed by atoms with van der Waals surface area (Å²) in [5, 5.41) is 24.6. The minimum Gasteiger partial charge on any atom is -0.492 e. The number of anilines is 1. The first-order valence-corrected chi connectivity index (χ1v) is 4.19. The van der Waals surface area contributed by atoms with Crippen molar-refractivity contribution in [2.45, 2.75) is 6.92 Å². The van der Waals surface area contributed by atoms with Gasteiger partial charge in [-0.1, -0.05) is 0 Å². The van der Waals surface area contributed by atoms with E-state index in [1.165, 1.54) is 10.8 Å². The highest BCUT2D eigenvalue weighted by molar-refractivity contribution is 5.92. The van der Waals surface area contributed by atoms with Crippen LogP contribution in [0.1, 0.15) is 6.92 Å². The van der Waals surface area contributed by atoms with E-state index in [-0.39, 0.29) is 5.88 Å². The summed E-state index contributed by atoms with van der Waals surface area (Å²) in [5.74, 6) is -3.63. The highest BCUT2D eigenvalue weighted by atomic mass is 16.4. The van der Waals surface area contributed by atoms with Crippen molar-refractivity contribution in [2.75, 3.05) is 5.73 Å². The molecule has 16 heavy (non-hydrogen) atoms. The molecule has 0 bridgehead atoms.